The van der Waals surface area contributed by atoms with Gasteiger partial charge in [-0.15, -0.1) is 0 Å². The Kier molecular flexibility index (Phi) is 4.16. The normalized spacial score (nSPS) is 14.6. The van der Waals surface area contributed by atoms with Gasteiger partial charge in [0.1, 0.15) is 0 Å². The van der Waals surface area contributed by atoms with Crippen LogP contribution in [-0.4, -0.2) is 23.3 Å². The first-order chi connectivity index (χ1) is 8.66. The zero-order chi connectivity index (χ0) is 13.0. The highest BCUT2D eigenvalue weighted by Crippen LogP contribution is 2.12. The summed E-state index contributed by atoms with van der Waals surface area (Å²) in [5.41, 5.74) is 0.928. The molecule has 0 N–H and O–H groups in total. The summed E-state index contributed by atoms with van der Waals surface area (Å²) in [7, 11) is 0. The fraction of sp³-hybridized carbons (Fsp3) is 0.286. The van der Waals surface area contributed by atoms with Crippen LogP contribution in [0, 0.1) is 11.8 Å². The lowest BCUT2D eigenvalue weighted by Crippen LogP contribution is -2.29. The summed E-state index contributed by atoms with van der Waals surface area (Å²) >= 11 is 3.36. The van der Waals surface area contributed by atoms with Gasteiger partial charge in [0.05, 0.1) is 0 Å². The summed E-state index contributed by atoms with van der Waals surface area (Å²) in [5, 5.41) is 0. The predicted molar refractivity (Wildman–Crippen MR) is 71.6 cm³/mol. The monoisotopic (exact) mass is 305 g/mol. The van der Waals surface area contributed by atoms with Crippen molar-refractivity contribution in [3.63, 3.8) is 0 Å². The van der Waals surface area contributed by atoms with E-state index in [2.05, 4.69) is 27.8 Å². The number of carbonyl (C=O) groups excluding carboxylic acids is 2. The van der Waals surface area contributed by atoms with Crippen LogP contribution in [0.15, 0.2) is 28.7 Å². The van der Waals surface area contributed by atoms with E-state index < -0.39 is 0 Å². The molecule has 3 nitrogen and oxygen atoms in total. The van der Waals surface area contributed by atoms with Crippen molar-refractivity contribution in [1.82, 2.24) is 4.90 Å². The van der Waals surface area contributed by atoms with Crippen LogP contribution in [0.4, 0.5) is 0 Å². The summed E-state index contributed by atoms with van der Waals surface area (Å²) in [6.45, 7) is 0.404. The molecule has 92 valence electrons. The van der Waals surface area contributed by atoms with Crippen molar-refractivity contribution in [1.29, 1.82) is 0 Å². The lowest BCUT2D eigenvalue weighted by atomic mass is 10.2. The number of hydrogen-bond acceptors (Lipinski definition) is 2. The molecule has 2 amide bonds. The van der Waals surface area contributed by atoms with Crippen LogP contribution in [0.25, 0.3) is 0 Å². The molecule has 1 aliphatic heterocycles. The topological polar surface area (TPSA) is 37.4 Å². The van der Waals surface area contributed by atoms with E-state index in [1.54, 1.807) is 0 Å². The van der Waals surface area contributed by atoms with Gasteiger partial charge < -0.3 is 0 Å². The SMILES string of the molecule is O=C1CCC(=O)N1CCC#Cc1ccc(Br)cc1. The number of halogens is 1. The van der Waals surface area contributed by atoms with E-state index >= 15 is 0 Å². The summed E-state index contributed by atoms with van der Waals surface area (Å²) in [6, 6.07) is 7.70. The lowest BCUT2D eigenvalue weighted by Gasteiger charge is -2.10. The van der Waals surface area contributed by atoms with Gasteiger partial charge >= 0.3 is 0 Å². The molecule has 4 heteroatoms. The van der Waals surface area contributed by atoms with Crippen molar-refractivity contribution in [3.8, 4) is 11.8 Å². The average Bonchev–Trinajstić information content (AvgIpc) is 2.68. The third-order valence-corrected chi connectivity index (χ3v) is 3.22. The van der Waals surface area contributed by atoms with Crippen molar-refractivity contribution in [2.75, 3.05) is 6.54 Å². The Balaban J connectivity index is 1.87. The second kappa shape index (κ2) is 5.83. The Morgan fingerprint density at radius 1 is 1.11 bits per heavy atom. The minimum absolute atomic E-state index is 0.0783. The van der Waals surface area contributed by atoms with Crippen molar-refractivity contribution in [3.05, 3.63) is 34.3 Å². The summed E-state index contributed by atoms with van der Waals surface area (Å²) < 4.78 is 1.02. The lowest BCUT2D eigenvalue weighted by molar-refractivity contribution is -0.138. The fourth-order valence-corrected chi connectivity index (χ4v) is 2.00. The molecule has 0 saturated carbocycles. The average molecular weight is 306 g/mol. The maximum absolute atomic E-state index is 11.3. The van der Waals surface area contributed by atoms with Gasteiger partial charge in [-0.25, -0.2) is 0 Å². The first-order valence-electron chi connectivity index (χ1n) is 5.74. The van der Waals surface area contributed by atoms with Gasteiger partial charge in [-0.05, 0) is 24.3 Å². The van der Waals surface area contributed by atoms with Crippen LogP contribution in [0.2, 0.25) is 0 Å². The van der Waals surface area contributed by atoms with E-state index in [-0.39, 0.29) is 11.8 Å². The van der Waals surface area contributed by atoms with Gasteiger partial charge in [0.25, 0.3) is 0 Å². The van der Waals surface area contributed by atoms with Gasteiger partial charge in [-0.1, -0.05) is 27.8 Å². The van der Waals surface area contributed by atoms with Crippen LogP contribution < -0.4 is 0 Å². The van der Waals surface area contributed by atoms with Gasteiger partial charge in [0, 0.05) is 35.8 Å². The van der Waals surface area contributed by atoms with E-state index in [0.29, 0.717) is 25.8 Å². The van der Waals surface area contributed by atoms with Gasteiger partial charge in [-0.2, -0.15) is 0 Å². The second-order valence-corrected chi connectivity index (χ2v) is 4.91. The highest BCUT2D eigenvalue weighted by Gasteiger charge is 2.27. The number of likely N-dealkylation sites (tertiary alicyclic amines) is 1. The van der Waals surface area contributed by atoms with Crippen LogP contribution in [-0.2, 0) is 9.59 Å². The van der Waals surface area contributed by atoms with Gasteiger partial charge in [0.15, 0.2) is 0 Å². The molecule has 1 aromatic rings. The number of imide groups is 1. The molecule has 2 rings (SSSR count). The van der Waals surface area contributed by atoms with E-state index in [1.165, 1.54) is 4.90 Å². The number of nitrogens with zero attached hydrogens (tertiary/aromatic N) is 1. The number of amides is 2. The Morgan fingerprint density at radius 3 is 2.33 bits per heavy atom. The van der Waals surface area contributed by atoms with Gasteiger partial charge in [0.2, 0.25) is 11.8 Å². The maximum atomic E-state index is 11.3. The van der Waals surface area contributed by atoms with E-state index in [4.69, 9.17) is 0 Å². The van der Waals surface area contributed by atoms with Crippen molar-refractivity contribution in [2.45, 2.75) is 19.3 Å². The Hall–Kier alpha value is -1.60. The summed E-state index contributed by atoms with van der Waals surface area (Å²) in [6.07, 6.45) is 1.21. The molecule has 1 fully saturated rings. The molecule has 0 radical (unpaired) electrons. The summed E-state index contributed by atoms with van der Waals surface area (Å²) in [4.78, 5) is 24.0. The van der Waals surface area contributed by atoms with Crippen LogP contribution in [0.5, 0.6) is 0 Å². The minimum Gasteiger partial charge on any atom is -0.282 e. The first-order valence-corrected chi connectivity index (χ1v) is 6.54. The summed E-state index contributed by atoms with van der Waals surface area (Å²) in [5.74, 6) is 5.83. The molecular weight excluding hydrogens is 294 g/mol. The number of hydrogen-bond donors (Lipinski definition) is 0. The van der Waals surface area contributed by atoms with Crippen molar-refractivity contribution in [2.24, 2.45) is 0 Å². The van der Waals surface area contributed by atoms with E-state index in [1.807, 2.05) is 24.3 Å². The Bertz CT molecular complexity index is 509. The highest BCUT2D eigenvalue weighted by molar-refractivity contribution is 9.10. The zero-order valence-electron chi connectivity index (χ0n) is 9.78. The molecular formula is C14H12BrNO2. The largest absolute Gasteiger partial charge is 0.282 e. The Morgan fingerprint density at radius 2 is 1.72 bits per heavy atom. The van der Waals surface area contributed by atoms with E-state index in [9.17, 15) is 9.59 Å². The molecule has 0 unspecified atom stereocenters. The highest BCUT2D eigenvalue weighted by atomic mass is 79.9. The molecule has 0 spiro atoms. The fourth-order valence-electron chi connectivity index (χ4n) is 1.74. The minimum atomic E-state index is -0.0783. The van der Waals surface area contributed by atoms with Crippen molar-refractivity contribution >= 4 is 27.7 Å². The number of benzene rings is 1. The molecule has 1 aliphatic rings. The smallest absolute Gasteiger partial charge is 0.229 e. The molecule has 0 aromatic heterocycles. The predicted octanol–water partition coefficient (Wildman–Crippen LogP) is 2.34. The molecule has 0 atom stereocenters. The number of rotatable bonds is 2. The molecule has 18 heavy (non-hydrogen) atoms. The van der Waals surface area contributed by atoms with Crippen LogP contribution in [0.3, 0.4) is 0 Å². The molecule has 1 saturated heterocycles. The standard InChI is InChI=1S/C14H12BrNO2/c15-12-6-4-11(5-7-12)3-1-2-10-16-13(17)8-9-14(16)18/h4-7H,2,8-10H2. The number of carbonyl (C=O) groups is 2. The first kappa shape index (κ1) is 12.8. The maximum Gasteiger partial charge on any atom is 0.229 e. The van der Waals surface area contributed by atoms with E-state index in [0.717, 1.165) is 10.0 Å². The second-order valence-electron chi connectivity index (χ2n) is 4.00. The molecule has 0 bridgehead atoms. The van der Waals surface area contributed by atoms with Crippen LogP contribution >= 0.6 is 15.9 Å². The van der Waals surface area contributed by atoms with Crippen LogP contribution in [0.1, 0.15) is 24.8 Å². The molecule has 1 aromatic carbocycles. The van der Waals surface area contributed by atoms with Crippen molar-refractivity contribution < 1.29 is 9.59 Å². The molecule has 1 heterocycles. The third-order valence-electron chi connectivity index (χ3n) is 2.69. The quantitative estimate of drug-likeness (QED) is 0.621. The van der Waals surface area contributed by atoms with Gasteiger partial charge in [-0.3, -0.25) is 14.5 Å². The Labute approximate surface area is 114 Å². The third kappa shape index (κ3) is 3.21. The zero-order valence-corrected chi connectivity index (χ0v) is 11.4. The molecule has 0 aliphatic carbocycles.